The summed E-state index contributed by atoms with van der Waals surface area (Å²) < 4.78 is 0. The van der Waals surface area contributed by atoms with Gasteiger partial charge in [-0.25, -0.2) is 0 Å². The first kappa shape index (κ1) is 10.5. The SMILES string of the molecule is CC.CC(=N)N1CCC(C)C1. The van der Waals surface area contributed by atoms with Crippen LogP contribution in [0, 0.1) is 11.3 Å². The van der Waals surface area contributed by atoms with Gasteiger partial charge >= 0.3 is 0 Å². The predicted octanol–water partition coefficient (Wildman–Crippen LogP) is 2.35. The van der Waals surface area contributed by atoms with Gasteiger partial charge in [0, 0.05) is 13.1 Å². The molecule has 0 saturated carbocycles. The zero-order chi connectivity index (χ0) is 8.85. The van der Waals surface area contributed by atoms with E-state index in [2.05, 4.69) is 11.8 Å². The first-order chi connectivity index (χ1) is 5.20. The predicted molar refractivity (Wildman–Crippen MR) is 50.1 cm³/mol. The summed E-state index contributed by atoms with van der Waals surface area (Å²) in [6.45, 7) is 10.3. The Labute approximate surface area is 70.1 Å². The summed E-state index contributed by atoms with van der Waals surface area (Å²) in [7, 11) is 0. The van der Waals surface area contributed by atoms with E-state index in [0.717, 1.165) is 24.8 Å². The molecule has 66 valence electrons. The number of nitrogens with one attached hydrogen (secondary N) is 1. The molecule has 1 heterocycles. The molecule has 1 fully saturated rings. The average Bonchev–Trinajstić information content (AvgIpc) is 2.40. The molecule has 0 amide bonds. The van der Waals surface area contributed by atoms with E-state index in [1.54, 1.807) is 0 Å². The second-order valence-electron chi connectivity index (χ2n) is 2.93. The van der Waals surface area contributed by atoms with Gasteiger partial charge in [0.05, 0.1) is 5.84 Å². The highest BCUT2D eigenvalue weighted by atomic mass is 15.2. The molecule has 0 aromatic carbocycles. The van der Waals surface area contributed by atoms with Crippen molar-refractivity contribution < 1.29 is 0 Å². The lowest BCUT2D eigenvalue weighted by Gasteiger charge is -2.14. The minimum atomic E-state index is 0.722. The van der Waals surface area contributed by atoms with Crippen LogP contribution in [-0.2, 0) is 0 Å². The maximum Gasteiger partial charge on any atom is 0.0925 e. The van der Waals surface area contributed by atoms with Crippen LogP contribution in [0.15, 0.2) is 0 Å². The van der Waals surface area contributed by atoms with Crippen LogP contribution in [-0.4, -0.2) is 23.8 Å². The Bertz CT molecular complexity index is 121. The highest BCUT2D eigenvalue weighted by molar-refractivity contribution is 5.76. The van der Waals surface area contributed by atoms with E-state index in [4.69, 9.17) is 5.41 Å². The molecule has 1 atom stereocenters. The monoisotopic (exact) mass is 156 g/mol. The topological polar surface area (TPSA) is 27.1 Å². The van der Waals surface area contributed by atoms with Crippen LogP contribution in [0.5, 0.6) is 0 Å². The van der Waals surface area contributed by atoms with Gasteiger partial charge in [0.15, 0.2) is 0 Å². The van der Waals surface area contributed by atoms with Crippen molar-refractivity contribution in [2.45, 2.75) is 34.1 Å². The molecule has 0 aliphatic carbocycles. The molecule has 11 heavy (non-hydrogen) atoms. The normalized spacial score (nSPS) is 22.5. The number of rotatable bonds is 0. The molecule has 2 nitrogen and oxygen atoms in total. The standard InChI is InChI=1S/C7H14N2.C2H6/c1-6-3-4-9(5-6)7(2)8;1-2/h6,8H,3-5H2,1-2H3;1-2H3. The molecule has 1 N–H and O–H groups in total. The van der Waals surface area contributed by atoms with Gasteiger partial charge in [0.1, 0.15) is 0 Å². The van der Waals surface area contributed by atoms with E-state index in [-0.39, 0.29) is 0 Å². The van der Waals surface area contributed by atoms with Gasteiger partial charge in [-0.2, -0.15) is 0 Å². The smallest absolute Gasteiger partial charge is 0.0925 e. The Hall–Kier alpha value is -0.530. The van der Waals surface area contributed by atoms with Gasteiger partial charge in [-0.05, 0) is 19.3 Å². The Kier molecular flexibility index (Phi) is 4.92. The van der Waals surface area contributed by atoms with Gasteiger partial charge in [-0.3, -0.25) is 5.41 Å². The van der Waals surface area contributed by atoms with Crippen molar-refractivity contribution in [2.24, 2.45) is 5.92 Å². The summed E-state index contributed by atoms with van der Waals surface area (Å²) in [6, 6.07) is 0. The summed E-state index contributed by atoms with van der Waals surface area (Å²) in [6.07, 6.45) is 1.26. The lowest BCUT2D eigenvalue weighted by Crippen LogP contribution is -2.24. The highest BCUT2D eigenvalue weighted by Gasteiger charge is 2.17. The zero-order valence-corrected chi connectivity index (χ0v) is 8.15. The molecule has 1 aliphatic heterocycles. The van der Waals surface area contributed by atoms with Gasteiger partial charge in [-0.15, -0.1) is 0 Å². The molecular formula is C9H20N2. The third kappa shape index (κ3) is 3.40. The van der Waals surface area contributed by atoms with Crippen LogP contribution >= 0.6 is 0 Å². The van der Waals surface area contributed by atoms with Gasteiger partial charge < -0.3 is 4.90 Å². The van der Waals surface area contributed by atoms with E-state index in [1.807, 2.05) is 20.8 Å². The maximum absolute atomic E-state index is 7.31. The lowest BCUT2D eigenvalue weighted by atomic mass is 10.2. The van der Waals surface area contributed by atoms with Crippen LogP contribution in [0.3, 0.4) is 0 Å². The van der Waals surface area contributed by atoms with E-state index in [0.29, 0.717) is 0 Å². The number of nitrogens with zero attached hydrogens (tertiary/aromatic N) is 1. The van der Waals surface area contributed by atoms with Gasteiger partial charge in [-0.1, -0.05) is 20.8 Å². The molecule has 0 spiro atoms. The molecule has 0 aromatic rings. The Morgan fingerprint density at radius 2 is 2.00 bits per heavy atom. The first-order valence-corrected chi connectivity index (χ1v) is 4.50. The van der Waals surface area contributed by atoms with Crippen molar-refractivity contribution in [3.8, 4) is 0 Å². The molecule has 0 radical (unpaired) electrons. The van der Waals surface area contributed by atoms with Crippen molar-refractivity contribution in [1.82, 2.24) is 4.90 Å². The fraction of sp³-hybridized carbons (Fsp3) is 0.889. The number of likely N-dealkylation sites (tertiary alicyclic amines) is 1. The Morgan fingerprint density at radius 1 is 1.45 bits per heavy atom. The van der Waals surface area contributed by atoms with Crippen LogP contribution in [0.25, 0.3) is 0 Å². The third-order valence-electron chi connectivity index (χ3n) is 1.90. The lowest BCUT2D eigenvalue weighted by molar-refractivity contribution is 0.488. The third-order valence-corrected chi connectivity index (χ3v) is 1.90. The second-order valence-corrected chi connectivity index (χ2v) is 2.93. The summed E-state index contributed by atoms with van der Waals surface area (Å²) in [5, 5.41) is 7.31. The second kappa shape index (κ2) is 5.16. The fourth-order valence-electron chi connectivity index (χ4n) is 1.24. The summed E-state index contributed by atoms with van der Waals surface area (Å²) in [4.78, 5) is 2.13. The largest absolute Gasteiger partial charge is 0.361 e. The molecule has 1 rings (SSSR count). The van der Waals surface area contributed by atoms with E-state index in [9.17, 15) is 0 Å². The molecule has 1 unspecified atom stereocenters. The molecule has 1 saturated heterocycles. The van der Waals surface area contributed by atoms with Crippen LogP contribution < -0.4 is 0 Å². The fourth-order valence-corrected chi connectivity index (χ4v) is 1.24. The number of hydrogen-bond donors (Lipinski definition) is 1. The van der Waals surface area contributed by atoms with Crippen LogP contribution in [0.4, 0.5) is 0 Å². The Morgan fingerprint density at radius 3 is 2.18 bits per heavy atom. The number of amidine groups is 1. The minimum absolute atomic E-state index is 0.722. The minimum Gasteiger partial charge on any atom is -0.361 e. The zero-order valence-electron chi connectivity index (χ0n) is 8.15. The summed E-state index contributed by atoms with van der Waals surface area (Å²) >= 11 is 0. The van der Waals surface area contributed by atoms with Gasteiger partial charge in [0.2, 0.25) is 0 Å². The van der Waals surface area contributed by atoms with Crippen molar-refractivity contribution in [3.63, 3.8) is 0 Å². The Balaban J connectivity index is 0.000000461. The average molecular weight is 156 g/mol. The maximum atomic E-state index is 7.31. The number of hydrogen-bond acceptors (Lipinski definition) is 1. The summed E-state index contributed by atoms with van der Waals surface area (Å²) in [5.74, 6) is 1.52. The first-order valence-electron chi connectivity index (χ1n) is 4.50. The molecular weight excluding hydrogens is 136 g/mol. The van der Waals surface area contributed by atoms with Crippen molar-refractivity contribution in [1.29, 1.82) is 5.41 Å². The quantitative estimate of drug-likeness (QED) is 0.423. The highest BCUT2D eigenvalue weighted by Crippen LogP contribution is 2.14. The van der Waals surface area contributed by atoms with E-state index in [1.165, 1.54) is 6.42 Å². The molecule has 0 aromatic heterocycles. The van der Waals surface area contributed by atoms with E-state index >= 15 is 0 Å². The molecule has 1 aliphatic rings. The van der Waals surface area contributed by atoms with Crippen molar-refractivity contribution in [3.05, 3.63) is 0 Å². The van der Waals surface area contributed by atoms with Crippen molar-refractivity contribution in [2.75, 3.05) is 13.1 Å². The van der Waals surface area contributed by atoms with Gasteiger partial charge in [0.25, 0.3) is 0 Å². The van der Waals surface area contributed by atoms with E-state index < -0.39 is 0 Å². The summed E-state index contributed by atoms with van der Waals surface area (Å²) in [5.41, 5.74) is 0. The molecule has 0 bridgehead atoms. The van der Waals surface area contributed by atoms with Crippen LogP contribution in [0.1, 0.15) is 34.1 Å². The van der Waals surface area contributed by atoms with Crippen LogP contribution in [0.2, 0.25) is 0 Å². The molecule has 2 heteroatoms. The van der Waals surface area contributed by atoms with Crippen molar-refractivity contribution >= 4 is 5.84 Å².